The molecule has 0 aliphatic heterocycles. The van der Waals surface area contributed by atoms with Crippen molar-refractivity contribution in [1.29, 1.82) is 0 Å². The standard InChI is InChI=1S/C20H25.C4H5.Sn.2H/c1-2-3-4-5-12-17-20(18-13-8-6-9-14-18)19-15-10-7-11-16-19;1-3-4-2;;;/h6-11,13-16H,2-5,12,17H2,1H3;3H,1-2H2;;;. The van der Waals surface area contributed by atoms with Gasteiger partial charge in [-0.2, -0.15) is 0 Å². The molecule has 0 unspecified atom stereocenters. The molecule has 0 fully saturated rings. The summed E-state index contributed by atoms with van der Waals surface area (Å²) in [5.41, 5.74) is 2.96. The van der Waals surface area contributed by atoms with Crippen LogP contribution in [-0.2, 0) is 3.43 Å². The van der Waals surface area contributed by atoms with Gasteiger partial charge < -0.3 is 0 Å². The van der Waals surface area contributed by atoms with Crippen LogP contribution in [0, 0.1) is 0 Å². The first kappa shape index (κ1) is 20.0. The third-order valence-corrected chi connectivity index (χ3v) is 12.4. The number of rotatable bonds is 11. The number of hydrogen-bond acceptors (Lipinski definition) is 0. The van der Waals surface area contributed by atoms with Gasteiger partial charge >= 0.3 is 165 Å². The Balaban J connectivity index is 2.38. The van der Waals surface area contributed by atoms with E-state index in [1.807, 2.05) is 6.08 Å². The number of unbranched alkanes of at least 4 members (excludes halogenated alkanes) is 4. The van der Waals surface area contributed by atoms with Crippen molar-refractivity contribution in [2.24, 2.45) is 0 Å². The molecule has 0 saturated heterocycles. The van der Waals surface area contributed by atoms with Crippen molar-refractivity contribution in [1.82, 2.24) is 0 Å². The molecule has 0 nitrogen and oxygen atoms in total. The van der Waals surface area contributed by atoms with E-state index < -0.39 is 21.1 Å². The van der Waals surface area contributed by atoms with Crippen molar-refractivity contribution in [2.45, 2.75) is 48.9 Å². The molecule has 2 aromatic rings. The molecule has 25 heavy (non-hydrogen) atoms. The Bertz CT molecular complexity index is 603. The Morgan fingerprint density at radius 1 is 0.880 bits per heavy atom. The average Bonchev–Trinajstić information content (AvgIpc) is 2.68. The summed E-state index contributed by atoms with van der Waals surface area (Å²) in [5, 5.41) is 0. The molecule has 1 heteroatoms. The number of hydrogen-bond donors (Lipinski definition) is 0. The second kappa shape index (κ2) is 10.7. The Hall–Kier alpha value is -1.28. The topological polar surface area (TPSA) is 0 Å². The van der Waals surface area contributed by atoms with Crippen LogP contribution in [0.1, 0.15) is 56.6 Å². The molecular formula is C24H32Sn. The molecule has 0 aliphatic rings. The number of benzene rings is 2. The normalized spacial score (nSPS) is 11.7. The van der Waals surface area contributed by atoms with Crippen LogP contribution in [0.2, 0.25) is 0 Å². The van der Waals surface area contributed by atoms with E-state index in [0.717, 1.165) is 0 Å². The molecular weight excluding hydrogens is 407 g/mol. The molecule has 2 aromatic carbocycles. The molecule has 0 aromatic heterocycles. The van der Waals surface area contributed by atoms with E-state index in [0.29, 0.717) is 0 Å². The quantitative estimate of drug-likeness (QED) is 0.224. The first-order chi connectivity index (χ1) is 12.2. The number of allylic oxidation sites excluding steroid dienone is 2. The van der Waals surface area contributed by atoms with Crippen LogP contribution in [0.3, 0.4) is 0 Å². The van der Waals surface area contributed by atoms with Gasteiger partial charge in [0.1, 0.15) is 0 Å². The van der Waals surface area contributed by atoms with Crippen LogP contribution in [0.25, 0.3) is 0 Å². The predicted molar refractivity (Wildman–Crippen MR) is 115 cm³/mol. The molecule has 0 atom stereocenters. The van der Waals surface area contributed by atoms with Gasteiger partial charge in [-0.25, -0.2) is 0 Å². The zero-order chi connectivity index (χ0) is 18.0. The summed E-state index contributed by atoms with van der Waals surface area (Å²) in [4.78, 5) is 0. The second-order valence-electron chi connectivity index (χ2n) is 7.02. The van der Waals surface area contributed by atoms with Crippen LogP contribution < -0.4 is 0 Å². The fourth-order valence-electron chi connectivity index (χ4n) is 3.75. The van der Waals surface area contributed by atoms with Crippen LogP contribution in [0.15, 0.2) is 83.5 Å². The predicted octanol–water partition coefficient (Wildman–Crippen LogP) is 6.16. The third kappa shape index (κ3) is 5.60. The molecule has 0 spiro atoms. The molecule has 0 saturated carbocycles. The SMILES string of the molecule is C=C[C](=C)[SnH2][C](CCCCCCC)(c1ccccc1)c1ccccc1. The summed E-state index contributed by atoms with van der Waals surface area (Å²) in [7, 11) is 0. The molecule has 2 rings (SSSR count). The Labute approximate surface area is 164 Å². The Kier molecular flexibility index (Phi) is 8.54. The maximum absolute atomic E-state index is 4.34. The van der Waals surface area contributed by atoms with E-state index in [2.05, 4.69) is 80.7 Å². The zero-order valence-electron chi connectivity index (χ0n) is 15.7. The van der Waals surface area contributed by atoms with Gasteiger partial charge in [0.25, 0.3) is 0 Å². The monoisotopic (exact) mass is 440 g/mol. The van der Waals surface area contributed by atoms with Gasteiger partial charge in [0.2, 0.25) is 0 Å². The first-order valence-corrected chi connectivity index (χ1v) is 13.7. The van der Waals surface area contributed by atoms with Gasteiger partial charge in [0.15, 0.2) is 0 Å². The molecule has 0 aliphatic carbocycles. The van der Waals surface area contributed by atoms with Crippen LogP contribution in [0.4, 0.5) is 0 Å². The third-order valence-electron chi connectivity index (χ3n) is 5.18. The van der Waals surface area contributed by atoms with Crippen molar-refractivity contribution >= 4 is 21.1 Å². The summed E-state index contributed by atoms with van der Waals surface area (Å²) in [6.45, 7) is 10.6. The summed E-state index contributed by atoms with van der Waals surface area (Å²) < 4.78 is 1.52. The minimum atomic E-state index is -1.39. The molecule has 0 amide bonds. The molecule has 0 radical (unpaired) electrons. The molecule has 132 valence electrons. The molecule has 0 heterocycles. The van der Waals surface area contributed by atoms with E-state index in [4.69, 9.17) is 0 Å². The van der Waals surface area contributed by atoms with Crippen molar-refractivity contribution < 1.29 is 0 Å². The summed E-state index contributed by atoms with van der Waals surface area (Å²) in [6.07, 6.45) is 9.89. The summed E-state index contributed by atoms with van der Waals surface area (Å²) in [5.74, 6) is 0. The van der Waals surface area contributed by atoms with Crippen molar-refractivity contribution in [3.8, 4) is 0 Å². The van der Waals surface area contributed by atoms with Crippen molar-refractivity contribution in [3.63, 3.8) is 0 Å². The average molecular weight is 439 g/mol. The van der Waals surface area contributed by atoms with Crippen molar-refractivity contribution in [2.75, 3.05) is 0 Å². The maximum atomic E-state index is 4.34. The van der Waals surface area contributed by atoms with Crippen LogP contribution >= 0.6 is 0 Å². The van der Waals surface area contributed by atoms with E-state index >= 15 is 0 Å². The van der Waals surface area contributed by atoms with Gasteiger partial charge in [-0.05, 0) is 0 Å². The van der Waals surface area contributed by atoms with E-state index in [1.54, 1.807) is 0 Å². The van der Waals surface area contributed by atoms with E-state index in [-0.39, 0.29) is 3.43 Å². The van der Waals surface area contributed by atoms with E-state index in [1.165, 1.54) is 53.2 Å². The van der Waals surface area contributed by atoms with Crippen LogP contribution in [-0.4, -0.2) is 21.1 Å². The van der Waals surface area contributed by atoms with E-state index in [9.17, 15) is 0 Å². The fourth-order valence-corrected chi connectivity index (χ4v) is 10.1. The van der Waals surface area contributed by atoms with Crippen LogP contribution in [0.5, 0.6) is 0 Å². The van der Waals surface area contributed by atoms with Gasteiger partial charge in [-0.15, -0.1) is 0 Å². The molecule has 0 N–H and O–H groups in total. The summed E-state index contributed by atoms with van der Waals surface area (Å²) >= 11 is -1.39. The first-order valence-electron chi connectivity index (χ1n) is 9.64. The molecule has 0 bridgehead atoms. The van der Waals surface area contributed by atoms with Gasteiger partial charge in [0, 0.05) is 0 Å². The summed E-state index contributed by atoms with van der Waals surface area (Å²) in [6, 6.07) is 22.3. The van der Waals surface area contributed by atoms with Gasteiger partial charge in [-0.1, -0.05) is 0 Å². The second-order valence-corrected chi connectivity index (χ2v) is 14.1. The Morgan fingerprint density at radius 3 is 1.88 bits per heavy atom. The fraction of sp³-hybridized carbons (Fsp3) is 0.333. The van der Waals surface area contributed by atoms with Crippen molar-refractivity contribution in [3.05, 3.63) is 94.6 Å². The Morgan fingerprint density at radius 2 is 1.40 bits per heavy atom. The van der Waals surface area contributed by atoms with Gasteiger partial charge in [0.05, 0.1) is 0 Å². The minimum absolute atomic E-state index is 0.196. The van der Waals surface area contributed by atoms with Gasteiger partial charge in [-0.3, -0.25) is 0 Å². The zero-order valence-corrected chi connectivity index (χ0v) is 19.8.